The second-order valence-corrected chi connectivity index (χ2v) is 6.04. The Hall–Kier alpha value is -0.930. The fraction of sp³-hybridized carbons (Fsp3) is 0.647. The fourth-order valence-electron chi connectivity index (χ4n) is 2.99. The van der Waals surface area contributed by atoms with Crippen LogP contribution in [0.1, 0.15) is 44.7 Å². The molecule has 1 aliphatic heterocycles. The summed E-state index contributed by atoms with van der Waals surface area (Å²) in [6, 6.07) is 6.05. The molecule has 2 nitrogen and oxygen atoms in total. The molecule has 0 spiro atoms. The van der Waals surface area contributed by atoms with Crippen LogP contribution in [-0.2, 0) is 13.1 Å². The monoisotopic (exact) mass is 278 g/mol. The second kappa shape index (κ2) is 7.19. The summed E-state index contributed by atoms with van der Waals surface area (Å²) in [5.41, 5.74) is 2.00. The zero-order chi connectivity index (χ0) is 14.5. The molecule has 3 heteroatoms. The van der Waals surface area contributed by atoms with Gasteiger partial charge >= 0.3 is 0 Å². The van der Waals surface area contributed by atoms with Crippen LogP contribution in [0.15, 0.2) is 18.2 Å². The first-order valence-corrected chi connectivity index (χ1v) is 7.84. The third kappa shape index (κ3) is 3.80. The Morgan fingerprint density at radius 1 is 1.35 bits per heavy atom. The molecular weight excluding hydrogens is 251 g/mol. The van der Waals surface area contributed by atoms with Gasteiger partial charge in [-0.3, -0.25) is 4.90 Å². The smallest absolute Gasteiger partial charge is 0.127 e. The maximum absolute atomic E-state index is 14.0. The van der Waals surface area contributed by atoms with Crippen LogP contribution in [-0.4, -0.2) is 24.0 Å². The van der Waals surface area contributed by atoms with Crippen LogP contribution in [0.3, 0.4) is 0 Å². The summed E-state index contributed by atoms with van der Waals surface area (Å²) in [6.45, 7) is 10.2. The van der Waals surface area contributed by atoms with E-state index in [1.165, 1.54) is 18.4 Å². The standard InChI is InChI=1S/C17H27FN2/c1-4-19-11-15-7-8-17(18)16(10-15)12-20-9-5-6-13(2)14(20)3/h7-8,10,13-14,19H,4-6,9,11-12H2,1-3H3. The number of rotatable bonds is 5. The average Bonchev–Trinajstić information content (AvgIpc) is 2.44. The molecule has 2 atom stereocenters. The number of benzene rings is 1. The predicted molar refractivity (Wildman–Crippen MR) is 82.1 cm³/mol. The van der Waals surface area contributed by atoms with E-state index in [1.54, 1.807) is 6.07 Å². The molecule has 1 fully saturated rings. The van der Waals surface area contributed by atoms with Gasteiger partial charge in [0.25, 0.3) is 0 Å². The van der Waals surface area contributed by atoms with Gasteiger partial charge in [0.1, 0.15) is 5.82 Å². The fourth-order valence-corrected chi connectivity index (χ4v) is 2.99. The Morgan fingerprint density at radius 3 is 2.90 bits per heavy atom. The molecule has 0 amide bonds. The maximum atomic E-state index is 14.0. The van der Waals surface area contributed by atoms with E-state index in [-0.39, 0.29) is 5.82 Å². The predicted octanol–water partition coefficient (Wildman–Crippen LogP) is 3.56. The molecule has 0 aliphatic carbocycles. The minimum atomic E-state index is -0.0734. The van der Waals surface area contributed by atoms with E-state index in [1.807, 2.05) is 12.1 Å². The van der Waals surface area contributed by atoms with Crippen LogP contribution in [0.2, 0.25) is 0 Å². The molecular formula is C17H27FN2. The lowest BCUT2D eigenvalue weighted by molar-refractivity contribution is 0.105. The topological polar surface area (TPSA) is 15.3 Å². The summed E-state index contributed by atoms with van der Waals surface area (Å²) >= 11 is 0. The Balaban J connectivity index is 2.07. The lowest BCUT2D eigenvalue weighted by atomic mass is 9.91. The number of hydrogen-bond donors (Lipinski definition) is 1. The minimum Gasteiger partial charge on any atom is -0.313 e. The molecule has 0 bridgehead atoms. The first kappa shape index (κ1) is 15.5. The number of halogens is 1. The highest BCUT2D eigenvalue weighted by Gasteiger charge is 2.25. The van der Waals surface area contributed by atoms with E-state index in [4.69, 9.17) is 0 Å². The van der Waals surface area contributed by atoms with Gasteiger partial charge in [0.2, 0.25) is 0 Å². The summed E-state index contributed by atoms with van der Waals surface area (Å²) in [6.07, 6.45) is 2.52. The van der Waals surface area contributed by atoms with E-state index in [9.17, 15) is 4.39 Å². The molecule has 0 saturated carbocycles. The Kier molecular flexibility index (Phi) is 5.55. The Bertz CT molecular complexity index is 433. The molecule has 2 unspecified atom stereocenters. The quantitative estimate of drug-likeness (QED) is 0.886. The van der Waals surface area contributed by atoms with Gasteiger partial charge in [-0.1, -0.05) is 26.0 Å². The van der Waals surface area contributed by atoms with Crippen LogP contribution in [0.5, 0.6) is 0 Å². The summed E-state index contributed by atoms with van der Waals surface area (Å²) in [4.78, 5) is 2.42. The van der Waals surface area contributed by atoms with Crippen LogP contribution < -0.4 is 5.32 Å². The maximum Gasteiger partial charge on any atom is 0.127 e. The molecule has 0 radical (unpaired) electrons. The number of nitrogens with zero attached hydrogens (tertiary/aromatic N) is 1. The van der Waals surface area contributed by atoms with E-state index in [0.29, 0.717) is 12.0 Å². The third-order valence-electron chi connectivity index (χ3n) is 4.57. The van der Waals surface area contributed by atoms with Gasteiger partial charge in [-0.05, 0) is 50.4 Å². The van der Waals surface area contributed by atoms with Crippen molar-refractivity contribution in [3.63, 3.8) is 0 Å². The normalized spacial score (nSPS) is 24.0. The molecule has 1 aliphatic rings. The van der Waals surface area contributed by atoms with Gasteiger partial charge in [0.05, 0.1) is 0 Å². The van der Waals surface area contributed by atoms with Crippen molar-refractivity contribution in [2.24, 2.45) is 5.92 Å². The van der Waals surface area contributed by atoms with Crippen molar-refractivity contribution in [2.75, 3.05) is 13.1 Å². The van der Waals surface area contributed by atoms with Gasteiger partial charge in [0.15, 0.2) is 0 Å². The molecule has 1 heterocycles. The Morgan fingerprint density at radius 2 is 2.15 bits per heavy atom. The van der Waals surface area contributed by atoms with E-state index in [2.05, 4.69) is 31.0 Å². The van der Waals surface area contributed by atoms with Crippen molar-refractivity contribution in [3.05, 3.63) is 35.1 Å². The van der Waals surface area contributed by atoms with Crippen LogP contribution >= 0.6 is 0 Å². The van der Waals surface area contributed by atoms with Crippen molar-refractivity contribution in [3.8, 4) is 0 Å². The third-order valence-corrected chi connectivity index (χ3v) is 4.57. The molecule has 1 saturated heterocycles. The highest BCUT2D eigenvalue weighted by atomic mass is 19.1. The summed E-state index contributed by atoms with van der Waals surface area (Å²) < 4.78 is 14.0. The van der Waals surface area contributed by atoms with Crippen molar-refractivity contribution >= 4 is 0 Å². The summed E-state index contributed by atoms with van der Waals surface area (Å²) in [5, 5.41) is 3.29. The SMILES string of the molecule is CCNCc1ccc(F)c(CN2CCCC(C)C2C)c1. The molecule has 1 aromatic rings. The number of likely N-dealkylation sites (tertiary alicyclic amines) is 1. The lowest BCUT2D eigenvalue weighted by Crippen LogP contribution is -2.41. The van der Waals surface area contributed by atoms with Gasteiger partial charge < -0.3 is 5.32 Å². The molecule has 20 heavy (non-hydrogen) atoms. The van der Waals surface area contributed by atoms with Gasteiger partial charge in [0, 0.05) is 24.7 Å². The average molecular weight is 278 g/mol. The zero-order valence-electron chi connectivity index (χ0n) is 13.0. The highest BCUT2D eigenvalue weighted by molar-refractivity contribution is 5.25. The molecule has 0 aromatic heterocycles. The minimum absolute atomic E-state index is 0.0734. The van der Waals surface area contributed by atoms with Crippen molar-refractivity contribution in [2.45, 2.75) is 52.7 Å². The first-order valence-electron chi connectivity index (χ1n) is 7.84. The zero-order valence-corrected chi connectivity index (χ0v) is 13.0. The molecule has 1 aromatic carbocycles. The second-order valence-electron chi connectivity index (χ2n) is 6.04. The summed E-state index contributed by atoms with van der Waals surface area (Å²) in [7, 11) is 0. The molecule has 1 N–H and O–H groups in total. The van der Waals surface area contributed by atoms with Gasteiger partial charge in [-0.2, -0.15) is 0 Å². The van der Waals surface area contributed by atoms with Gasteiger partial charge in [-0.25, -0.2) is 4.39 Å². The van der Waals surface area contributed by atoms with E-state index in [0.717, 1.165) is 31.7 Å². The largest absolute Gasteiger partial charge is 0.313 e. The highest BCUT2D eigenvalue weighted by Crippen LogP contribution is 2.25. The van der Waals surface area contributed by atoms with Crippen LogP contribution in [0.25, 0.3) is 0 Å². The number of piperidine rings is 1. The Labute approximate surface area is 122 Å². The lowest BCUT2D eigenvalue weighted by Gasteiger charge is -2.38. The summed E-state index contributed by atoms with van der Waals surface area (Å²) in [5.74, 6) is 0.632. The molecule has 2 rings (SSSR count). The molecule has 112 valence electrons. The number of hydrogen-bond acceptors (Lipinski definition) is 2. The van der Waals surface area contributed by atoms with Crippen molar-refractivity contribution in [1.29, 1.82) is 0 Å². The van der Waals surface area contributed by atoms with Crippen molar-refractivity contribution < 1.29 is 4.39 Å². The van der Waals surface area contributed by atoms with E-state index >= 15 is 0 Å². The van der Waals surface area contributed by atoms with Crippen molar-refractivity contribution in [1.82, 2.24) is 10.2 Å². The van der Waals surface area contributed by atoms with E-state index < -0.39 is 0 Å². The van der Waals surface area contributed by atoms with Gasteiger partial charge in [-0.15, -0.1) is 0 Å². The van der Waals surface area contributed by atoms with Crippen LogP contribution in [0.4, 0.5) is 4.39 Å². The number of nitrogens with one attached hydrogen (secondary N) is 1. The van der Waals surface area contributed by atoms with Crippen LogP contribution in [0, 0.1) is 11.7 Å². The first-order chi connectivity index (χ1) is 9.61.